The fraction of sp³-hybridized carbons (Fsp3) is 0.520. The van der Waals surface area contributed by atoms with Gasteiger partial charge in [0.25, 0.3) is 0 Å². The molecule has 13 nitrogen and oxygen atoms in total. The minimum Gasteiger partial charge on any atom is -0.462 e. The maximum atomic E-state index is 12.5. The molecule has 208 valence electrons. The zero-order valence-corrected chi connectivity index (χ0v) is 22.0. The molecule has 0 spiro atoms. The minimum absolute atomic E-state index is 0.0955. The highest BCUT2D eigenvalue weighted by Crippen LogP contribution is 2.35. The first kappa shape index (κ1) is 30.2. The second-order valence-electron chi connectivity index (χ2n) is 8.46. The van der Waals surface area contributed by atoms with Crippen LogP contribution in [0.25, 0.3) is 0 Å². The molecule has 2 rings (SSSR count). The lowest BCUT2D eigenvalue weighted by Crippen LogP contribution is -2.53. The van der Waals surface area contributed by atoms with Crippen molar-refractivity contribution in [3.63, 3.8) is 0 Å². The fourth-order valence-electron chi connectivity index (χ4n) is 3.87. The van der Waals surface area contributed by atoms with Crippen molar-refractivity contribution in [3.05, 3.63) is 29.8 Å². The number of hydrogen-bond acceptors (Lipinski definition) is 12. The molecule has 1 aromatic rings. The SMILES string of the molecule is CC(=O)OC[C@@H](OC(C)=O)[C@@H](OC(C)=O)[C@H](OC(C)=O)[C@@H]1CN(C(C)=O)[C@H](c2ccc(OC(C)=O)cc2)O1. The molecule has 1 saturated heterocycles. The molecule has 0 aliphatic carbocycles. The van der Waals surface area contributed by atoms with Gasteiger partial charge in [0, 0.05) is 47.1 Å². The summed E-state index contributed by atoms with van der Waals surface area (Å²) < 4.78 is 32.3. The highest BCUT2D eigenvalue weighted by Gasteiger charge is 2.48. The van der Waals surface area contributed by atoms with Crippen molar-refractivity contribution in [3.8, 4) is 5.75 Å². The summed E-state index contributed by atoms with van der Waals surface area (Å²) in [7, 11) is 0. The summed E-state index contributed by atoms with van der Waals surface area (Å²) in [6.07, 6.45) is -6.19. The van der Waals surface area contributed by atoms with Gasteiger partial charge in [0.15, 0.2) is 24.5 Å². The molecule has 0 bridgehead atoms. The third-order valence-electron chi connectivity index (χ3n) is 5.22. The van der Waals surface area contributed by atoms with Crippen molar-refractivity contribution >= 4 is 35.8 Å². The number of benzene rings is 1. The summed E-state index contributed by atoms with van der Waals surface area (Å²) in [4.78, 5) is 72.4. The quantitative estimate of drug-likeness (QED) is 0.239. The zero-order valence-electron chi connectivity index (χ0n) is 22.0. The van der Waals surface area contributed by atoms with E-state index < -0.39 is 67.1 Å². The van der Waals surface area contributed by atoms with Gasteiger partial charge in [-0.05, 0) is 12.1 Å². The van der Waals surface area contributed by atoms with Crippen LogP contribution in [0.5, 0.6) is 5.75 Å². The maximum absolute atomic E-state index is 12.5. The number of esters is 5. The van der Waals surface area contributed by atoms with Gasteiger partial charge in [-0.3, -0.25) is 28.8 Å². The van der Waals surface area contributed by atoms with E-state index in [2.05, 4.69) is 0 Å². The van der Waals surface area contributed by atoms with Crippen LogP contribution in [-0.2, 0) is 52.5 Å². The second kappa shape index (κ2) is 13.5. The van der Waals surface area contributed by atoms with Gasteiger partial charge in [-0.25, -0.2) is 0 Å². The average Bonchev–Trinajstić information content (AvgIpc) is 3.24. The molecule has 1 aromatic carbocycles. The summed E-state index contributed by atoms with van der Waals surface area (Å²) in [5.41, 5.74) is 0.515. The van der Waals surface area contributed by atoms with Crippen LogP contribution in [0.1, 0.15) is 53.3 Å². The lowest BCUT2D eigenvalue weighted by atomic mass is 10.0. The van der Waals surface area contributed by atoms with E-state index in [9.17, 15) is 28.8 Å². The number of nitrogens with zero attached hydrogens (tertiary/aromatic N) is 1. The van der Waals surface area contributed by atoms with Crippen LogP contribution in [0.15, 0.2) is 24.3 Å². The highest BCUT2D eigenvalue weighted by atomic mass is 16.6. The van der Waals surface area contributed by atoms with Crippen molar-refractivity contribution in [2.75, 3.05) is 13.2 Å². The fourth-order valence-corrected chi connectivity index (χ4v) is 3.87. The van der Waals surface area contributed by atoms with Gasteiger partial charge in [-0.2, -0.15) is 0 Å². The van der Waals surface area contributed by atoms with Crippen molar-refractivity contribution in [2.24, 2.45) is 0 Å². The molecule has 0 N–H and O–H groups in total. The monoisotopic (exact) mass is 537 g/mol. The van der Waals surface area contributed by atoms with E-state index in [0.29, 0.717) is 5.56 Å². The Labute approximate surface area is 219 Å². The van der Waals surface area contributed by atoms with Crippen LogP contribution in [0.2, 0.25) is 0 Å². The van der Waals surface area contributed by atoms with E-state index in [1.807, 2.05) is 0 Å². The Morgan fingerprint density at radius 1 is 0.816 bits per heavy atom. The Bertz CT molecular complexity index is 1050. The van der Waals surface area contributed by atoms with Gasteiger partial charge in [-0.15, -0.1) is 0 Å². The van der Waals surface area contributed by atoms with Gasteiger partial charge >= 0.3 is 29.8 Å². The molecule has 0 saturated carbocycles. The summed E-state index contributed by atoms with van der Waals surface area (Å²) in [6.45, 7) is 6.43. The number of hydrogen-bond donors (Lipinski definition) is 0. The Hall–Kier alpha value is -4.00. The lowest BCUT2D eigenvalue weighted by Gasteiger charge is -2.34. The van der Waals surface area contributed by atoms with Crippen molar-refractivity contribution in [1.82, 2.24) is 4.90 Å². The van der Waals surface area contributed by atoms with E-state index in [4.69, 9.17) is 28.4 Å². The Balaban J connectivity index is 2.46. The third kappa shape index (κ3) is 8.83. The molecule has 0 unspecified atom stereocenters. The van der Waals surface area contributed by atoms with Crippen LogP contribution in [-0.4, -0.2) is 78.2 Å². The smallest absolute Gasteiger partial charge is 0.308 e. The van der Waals surface area contributed by atoms with E-state index >= 15 is 0 Å². The van der Waals surface area contributed by atoms with E-state index in [-0.39, 0.29) is 18.2 Å². The molecule has 1 heterocycles. The third-order valence-corrected chi connectivity index (χ3v) is 5.22. The minimum atomic E-state index is -1.46. The predicted octanol–water partition coefficient (Wildman–Crippen LogP) is 1.22. The first-order valence-corrected chi connectivity index (χ1v) is 11.6. The average molecular weight is 538 g/mol. The first-order valence-electron chi connectivity index (χ1n) is 11.6. The van der Waals surface area contributed by atoms with Crippen molar-refractivity contribution in [1.29, 1.82) is 0 Å². The molecule has 1 aliphatic rings. The number of ether oxygens (including phenoxy) is 6. The Kier molecular flexibility index (Phi) is 10.8. The van der Waals surface area contributed by atoms with Crippen LogP contribution in [0.3, 0.4) is 0 Å². The largest absolute Gasteiger partial charge is 0.462 e. The van der Waals surface area contributed by atoms with Crippen LogP contribution in [0, 0.1) is 0 Å². The lowest BCUT2D eigenvalue weighted by molar-refractivity contribution is -0.200. The van der Waals surface area contributed by atoms with Gasteiger partial charge in [0.05, 0.1) is 6.54 Å². The molecule has 38 heavy (non-hydrogen) atoms. The molecule has 1 amide bonds. The second-order valence-corrected chi connectivity index (χ2v) is 8.46. The highest BCUT2D eigenvalue weighted by molar-refractivity contribution is 5.74. The molecule has 1 aliphatic heterocycles. The summed E-state index contributed by atoms with van der Waals surface area (Å²) in [5.74, 6) is -3.62. The molecule has 0 aromatic heterocycles. The first-order chi connectivity index (χ1) is 17.8. The summed E-state index contributed by atoms with van der Waals surface area (Å²) >= 11 is 0. The number of amides is 1. The molecule has 0 radical (unpaired) electrons. The normalized spacial score (nSPS) is 18.9. The standard InChI is InChI=1S/C25H31NO12/c1-13(27)26-11-21(38-25(26)19-7-9-20(10-8-19)34-15(3)29)23(36-17(5)31)24(37-18(6)32)22(35-16(4)30)12-33-14(2)28/h7-10,21-25H,11-12H2,1-6H3/t21-,22+,23+,24+,25-/m0/s1. The summed E-state index contributed by atoms with van der Waals surface area (Å²) in [6, 6.07) is 6.22. The van der Waals surface area contributed by atoms with Gasteiger partial charge in [0.2, 0.25) is 5.91 Å². The number of carbonyl (C=O) groups is 6. The Morgan fingerprint density at radius 2 is 1.39 bits per heavy atom. The van der Waals surface area contributed by atoms with Crippen LogP contribution < -0.4 is 4.74 Å². The van der Waals surface area contributed by atoms with E-state index in [1.165, 1.54) is 30.9 Å². The van der Waals surface area contributed by atoms with Crippen LogP contribution >= 0.6 is 0 Å². The van der Waals surface area contributed by atoms with Gasteiger partial charge in [0.1, 0.15) is 18.5 Å². The van der Waals surface area contributed by atoms with E-state index in [1.54, 1.807) is 12.1 Å². The molecule has 5 atom stereocenters. The molecular formula is C25H31NO12. The molecule has 13 heteroatoms. The van der Waals surface area contributed by atoms with Gasteiger partial charge < -0.3 is 33.3 Å². The van der Waals surface area contributed by atoms with Crippen molar-refractivity contribution < 1.29 is 57.2 Å². The van der Waals surface area contributed by atoms with Gasteiger partial charge in [-0.1, -0.05) is 12.1 Å². The van der Waals surface area contributed by atoms with Crippen LogP contribution in [0.4, 0.5) is 0 Å². The maximum Gasteiger partial charge on any atom is 0.308 e. The van der Waals surface area contributed by atoms with Crippen molar-refractivity contribution in [2.45, 2.75) is 72.2 Å². The molecular weight excluding hydrogens is 506 g/mol. The topological polar surface area (TPSA) is 161 Å². The zero-order chi connectivity index (χ0) is 28.6. The molecule has 1 fully saturated rings. The summed E-state index contributed by atoms with van der Waals surface area (Å²) in [5, 5.41) is 0. The number of rotatable bonds is 10. The number of carbonyl (C=O) groups excluding carboxylic acids is 6. The van der Waals surface area contributed by atoms with E-state index in [0.717, 1.165) is 27.7 Å². The predicted molar refractivity (Wildman–Crippen MR) is 126 cm³/mol. The Morgan fingerprint density at radius 3 is 1.87 bits per heavy atom.